The number of amides is 1. The molecule has 0 spiro atoms. The van der Waals surface area contributed by atoms with Crippen molar-refractivity contribution in [1.29, 1.82) is 0 Å². The van der Waals surface area contributed by atoms with Gasteiger partial charge in [-0.25, -0.2) is 0 Å². The first kappa shape index (κ1) is 26.1. The summed E-state index contributed by atoms with van der Waals surface area (Å²) in [4.78, 5) is 14.2. The van der Waals surface area contributed by atoms with Crippen LogP contribution in [-0.2, 0) is 4.79 Å². The molecule has 0 aromatic rings. The fourth-order valence-electron chi connectivity index (χ4n) is 5.10. The van der Waals surface area contributed by atoms with Crippen LogP contribution in [0.5, 0.6) is 0 Å². The Hall–Kier alpha value is -1.13. The van der Waals surface area contributed by atoms with Gasteiger partial charge in [-0.3, -0.25) is 4.79 Å². The van der Waals surface area contributed by atoms with E-state index in [-0.39, 0.29) is 23.5 Å². The van der Waals surface area contributed by atoms with Gasteiger partial charge >= 0.3 is 0 Å². The Labute approximate surface area is 190 Å². The molecule has 2 aliphatic carbocycles. The van der Waals surface area contributed by atoms with Gasteiger partial charge in [0.1, 0.15) is 0 Å². The van der Waals surface area contributed by atoms with E-state index >= 15 is 0 Å². The number of carbonyl (C=O) groups excluding carboxylic acids is 1. The smallest absolute Gasteiger partial charge is 0.222 e. The van der Waals surface area contributed by atoms with Crippen molar-refractivity contribution in [3.8, 4) is 0 Å². The van der Waals surface area contributed by atoms with Gasteiger partial charge in [-0.05, 0) is 84.5 Å². The third-order valence-corrected chi connectivity index (χ3v) is 7.45. The number of rotatable bonds is 11. The number of hydrogen-bond acceptors (Lipinski definition) is 3. The zero-order chi connectivity index (χ0) is 23.2. The van der Waals surface area contributed by atoms with Crippen molar-refractivity contribution in [2.75, 3.05) is 7.05 Å². The van der Waals surface area contributed by atoms with Crippen molar-refractivity contribution >= 4 is 5.91 Å². The van der Waals surface area contributed by atoms with Crippen molar-refractivity contribution in [1.82, 2.24) is 4.90 Å². The maximum atomic E-state index is 12.3. The maximum absolute atomic E-state index is 12.3. The molecular weight excluding hydrogens is 386 g/mol. The molecule has 0 bridgehead atoms. The molecule has 0 aromatic heterocycles. The number of fused-ring (bicyclic) bond motifs is 1. The topological polar surface area (TPSA) is 60.8 Å². The van der Waals surface area contributed by atoms with Crippen molar-refractivity contribution in [2.45, 2.75) is 116 Å². The van der Waals surface area contributed by atoms with Crippen LogP contribution in [0.3, 0.4) is 0 Å². The van der Waals surface area contributed by atoms with E-state index in [0.29, 0.717) is 24.7 Å². The van der Waals surface area contributed by atoms with Crippen LogP contribution in [-0.4, -0.2) is 45.3 Å². The molecule has 2 rings (SSSR count). The Balaban J connectivity index is 1.77. The first-order chi connectivity index (χ1) is 14.4. The summed E-state index contributed by atoms with van der Waals surface area (Å²) in [6.07, 6.45) is 15.6. The Morgan fingerprint density at radius 2 is 1.94 bits per heavy atom. The van der Waals surface area contributed by atoms with Crippen LogP contribution < -0.4 is 0 Å². The average Bonchev–Trinajstić information content (AvgIpc) is 3.19. The van der Waals surface area contributed by atoms with E-state index in [1.54, 1.807) is 0 Å². The van der Waals surface area contributed by atoms with E-state index < -0.39 is 5.60 Å². The van der Waals surface area contributed by atoms with E-state index in [1.807, 2.05) is 18.9 Å². The summed E-state index contributed by atoms with van der Waals surface area (Å²) in [6, 6.07) is 0. The molecule has 31 heavy (non-hydrogen) atoms. The number of hydrogen-bond donors (Lipinski definition) is 2. The lowest BCUT2D eigenvalue weighted by Gasteiger charge is -2.32. The highest BCUT2D eigenvalue weighted by Crippen LogP contribution is 2.48. The first-order valence-corrected chi connectivity index (χ1v) is 12.5. The van der Waals surface area contributed by atoms with Crippen molar-refractivity contribution in [3.05, 3.63) is 23.8 Å². The standard InChI is InChI=1S/C27H47NO3/c1-7-8-15-27(5,31)16-11-13-22-23-18-20(17-21(23)19-24(22)29)12-9-10-14-25(30)28(6)26(2,3)4/h11,13,17,21-24,29,31H,7-10,12,14-16,18-19H2,1-6H3/t21-,22+,23-,24+,27-/m0/s1. The molecule has 0 heterocycles. The van der Waals surface area contributed by atoms with Gasteiger partial charge in [-0.2, -0.15) is 0 Å². The molecule has 4 heteroatoms. The predicted molar refractivity (Wildman–Crippen MR) is 129 cm³/mol. The zero-order valence-corrected chi connectivity index (χ0v) is 20.9. The van der Waals surface area contributed by atoms with Crippen LogP contribution in [0.4, 0.5) is 0 Å². The highest BCUT2D eigenvalue weighted by molar-refractivity contribution is 5.76. The molecule has 5 atom stereocenters. The molecule has 0 saturated heterocycles. The third kappa shape index (κ3) is 7.75. The molecule has 2 N–H and O–H groups in total. The van der Waals surface area contributed by atoms with Gasteiger partial charge in [-0.1, -0.05) is 43.6 Å². The van der Waals surface area contributed by atoms with Gasteiger partial charge in [-0.15, -0.1) is 0 Å². The second-order valence-electron chi connectivity index (χ2n) is 11.3. The van der Waals surface area contributed by atoms with E-state index in [1.165, 1.54) is 5.57 Å². The number of nitrogens with zero attached hydrogens (tertiary/aromatic N) is 1. The summed E-state index contributed by atoms with van der Waals surface area (Å²) in [5.74, 6) is 1.40. The minimum absolute atomic E-state index is 0.116. The van der Waals surface area contributed by atoms with Crippen LogP contribution in [0.15, 0.2) is 23.8 Å². The van der Waals surface area contributed by atoms with Crippen molar-refractivity contribution < 1.29 is 15.0 Å². The van der Waals surface area contributed by atoms with E-state index in [2.05, 4.69) is 45.9 Å². The minimum atomic E-state index is -0.646. The van der Waals surface area contributed by atoms with Crippen molar-refractivity contribution in [3.63, 3.8) is 0 Å². The monoisotopic (exact) mass is 433 g/mol. The fraction of sp³-hybridized carbons (Fsp3) is 0.815. The van der Waals surface area contributed by atoms with Gasteiger partial charge in [0.25, 0.3) is 0 Å². The van der Waals surface area contributed by atoms with Crippen molar-refractivity contribution in [2.24, 2.45) is 17.8 Å². The molecule has 1 fully saturated rings. The van der Waals surface area contributed by atoms with Gasteiger partial charge < -0.3 is 15.1 Å². The average molecular weight is 434 g/mol. The fourth-order valence-corrected chi connectivity index (χ4v) is 5.10. The summed E-state index contributed by atoms with van der Waals surface area (Å²) in [5.41, 5.74) is 0.745. The number of allylic oxidation sites excluding steroid dienone is 2. The molecule has 1 amide bonds. The summed E-state index contributed by atoms with van der Waals surface area (Å²) < 4.78 is 0. The molecule has 0 radical (unpaired) electrons. The third-order valence-electron chi connectivity index (χ3n) is 7.45. The van der Waals surface area contributed by atoms with Crippen LogP contribution in [0.1, 0.15) is 98.8 Å². The highest BCUT2D eigenvalue weighted by Gasteiger charge is 2.43. The predicted octanol–water partition coefficient (Wildman–Crippen LogP) is 5.63. The van der Waals surface area contributed by atoms with Gasteiger partial charge in [0.2, 0.25) is 5.91 Å². The lowest BCUT2D eigenvalue weighted by molar-refractivity contribution is -0.134. The molecular formula is C27H47NO3. The number of aliphatic hydroxyl groups excluding tert-OH is 1. The second kappa shape index (κ2) is 11.1. The molecule has 2 aliphatic rings. The normalized spacial score (nSPS) is 27.9. The summed E-state index contributed by atoms with van der Waals surface area (Å²) in [6.45, 7) is 10.3. The van der Waals surface area contributed by atoms with E-state index in [0.717, 1.165) is 51.4 Å². The van der Waals surface area contributed by atoms with Crippen LogP contribution in [0.2, 0.25) is 0 Å². The molecule has 1 saturated carbocycles. The molecule has 0 unspecified atom stereocenters. The van der Waals surface area contributed by atoms with E-state index in [4.69, 9.17) is 0 Å². The lowest BCUT2D eigenvalue weighted by Crippen LogP contribution is -2.42. The number of carbonyl (C=O) groups is 1. The molecule has 4 nitrogen and oxygen atoms in total. The quantitative estimate of drug-likeness (QED) is 0.328. The Kier molecular flexibility index (Phi) is 9.39. The molecule has 0 aliphatic heterocycles. The van der Waals surface area contributed by atoms with Gasteiger partial charge in [0.15, 0.2) is 0 Å². The summed E-state index contributed by atoms with van der Waals surface area (Å²) >= 11 is 0. The Morgan fingerprint density at radius 3 is 2.58 bits per heavy atom. The summed E-state index contributed by atoms with van der Waals surface area (Å²) in [7, 11) is 1.89. The van der Waals surface area contributed by atoms with Gasteiger partial charge in [0, 0.05) is 24.9 Å². The largest absolute Gasteiger partial charge is 0.392 e. The maximum Gasteiger partial charge on any atom is 0.222 e. The zero-order valence-electron chi connectivity index (χ0n) is 20.9. The Morgan fingerprint density at radius 1 is 1.23 bits per heavy atom. The number of unbranched alkanes of at least 4 members (excludes halogenated alkanes) is 2. The first-order valence-electron chi connectivity index (χ1n) is 12.5. The lowest BCUT2D eigenvalue weighted by atomic mass is 9.87. The van der Waals surface area contributed by atoms with Crippen LogP contribution >= 0.6 is 0 Å². The molecule has 0 aromatic carbocycles. The van der Waals surface area contributed by atoms with E-state index in [9.17, 15) is 15.0 Å². The molecule has 178 valence electrons. The number of aliphatic hydroxyl groups is 2. The second-order valence-corrected chi connectivity index (χ2v) is 11.3. The van der Waals surface area contributed by atoms with Crippen LogP contribution in [0, 0.1) is 17.8 Å². The van der Waals surface area contributed by atoms with Gasteiger partial charge in [0.05, 0.1) is 11.7 Å². The Bertz CT molecular complexity index is 643. The minimum Gasteiger partial charge on any atom is -0.392 e. The van der Waals surface area contributed by atoms with Crippen LogP contribution in [0.25, 0.3) is 0 Å². The highest BCUT2D eigenvalue weighted by atomic mass is 16.3. The summed E-state index contributed by atoms with van der Waals surface area (Å²) in [5, 5.41) is 21.1. The SMILES string of the molecule is CCCC[C@](C)(O)CC=C[C@@H]1[C@H]2CC(CCCCC(=O)N(C)C(C)(C)C)=C[C@H]2C[C@H]1O.